The van der Waals surface area contributed by atoms with E-state index in [0.717, 1.165) is 10.2 Å². The third-order valence-electron chi connectivity index (χ3n) is 4.42. The summed E-state index contributed by atoms with van der Waals surface area (Å²) in [5, 5.41) is 7.02. The van der Waals surface area contributed by atoms with E-state index in [4.69, 9.17) is 0 Å². The first-order chi connectivity index (χ1) is 13.8. The van der Waals surface area contributed by atoms with Gasteiger partial charge in [-0.15, -0.1) is 0 Å². The second-order valence-corrected chi connectivity index (χ2v) is 7.10. The normalized spacial score (nSPS) is 11.1. The second-order valence-electron chi connectivity index (χ2n) is 7.10. The molecule has 0 saturated heterocycles. The summed E-state index contributed by atoms with van der Waals surface area (Å²) in [6, 6.07) is 3.29. The van der Waals surface area contributed by atoms with E-state index in [9.17, 15) is 14.4 Å². The van der Waals surface area contributed by atoms with Gasteiger partial charge in [-0.2, -0.15) is 5.10 Å². The van der Waals surface area contributed by atoms with Gasteiger partial charge in [0.25, 0.3) is 5.56 Å². The number of aromatic nitrogens is 5. The van der Waals surface area contributed by atoms with Crippen molar-refractivity contribution in [1.29, 1.82) is 0 Å². The average Bonchev–Trinajstić information content (AvgIpc) is 3.08. The maximum absolute atomic E-state index is 12.9. The maximum Gasteiger partial charge on any atom is 0.291 e. The fraction of sp³-hybridized carbons (Fsp3) is 0.368. The van der Waals surface area contributed by atoms with Crippen LogP contribution in [-0.4, -0.2) is 47.9 Å². The molecule has 0 bridgehead atoms. The first-order valence-corrected chi connectivity index (χ1v) is 9.15. The molecule has 0 aliphatic carbocycles. The molecule has 3 rings (SSSR count). The molecule has 0 unspecified atom stereocenters. The lowest BCUT2D eigenvalue weighted by Gasteiger charge is -2.13. The Kier molecular flexibility index (Phi) is 5.71. The van der Waals surface area contributed by atoms with Crippen LogP contribution in [0.2, 0.25) is 0 Å². The lowest BCUT2D eigenvalue weighted by Crippen LogP contribution is -2.32. The molecule has 0 fully saturated rings. The standard InChI is InChI=1S/C19H23N7O3/c1-12(2)18-23-26(10-17(28)22-16-5-6-20-11-21-16)19(29)15-7-14(9-25(15)18)8-24(4)13(3)27/h5-7,9,11-12H,8,10H2,1-4H3,(H,20,21,22,28). The summed E-state index contributed by atoms with van der Waals surface area (Å²) in [7, 11) is 1.70. The van der Waals surface area contributed by atoms with Crippen LogP contribution in [0.1, 0.15) is 38.1 Å². The maximum atomic E-state index is 12.9. The van der Waals surface area contributed by atoms with Crippen LogP contribution >= 0.6 is 0 Å². The lowest BCUT2D eigenvalue weighted by molar-refractivity contribution is -0.128. The van der Waals surface area contributed by atoms with Crippen molar-refractivity contribution in [1.82, 2.24) is 29.0 Å². The predicted octanol–water partition coefficient (Wildman–Crippen LogP) is 1.03. The monoisotopic (exact) mass is 397 g/mol. The van der Waals surface area contributed by atoms with Gasteiger partial charge < -0.3 is 10.2 Å². The molecule has 1 N–H and O–H groups in total. The van der Waals surface area contributed by atoms with E-state index in [-0.39, 0.29) is 23.9 Å². The van der Waals surface area contributed by atoms with Crippen molar-refractivity contribution in [2.24, 2.45) is 0 Å². The Labute approximate surface area is 167 Å². The molecule has 0 aliphatic heterocycles. The van der Waals surface area contributed by atoms with Gasteiger partial charge in [0.1, 0.15) is 30.0 Å². The minimum atomic E-state index is -0.416. The van der Waals surface area contributed by atoms with Crippen molar-refractivity contribution < 1.29 is 9.59 Å². The lowest BCUT2D eigenvalue weighted by atomic mass is 10.2. The molecule has 3 aromatic heterocycles. The Hall–Kier alpha value is -3.56. The summed E-state index contributed by atoms with van der Waals surface area (Å²) in [5.41, 5.74) is 0.834. The number of fused-ring (bicyclic) bond motifs is 1. The quantitative estimate of drug-likeness (QED) is 0.664. The Morgan fingerprint density at radius 3 is 2.69 bits per heavy atom. The van der Waals surface area contributed by atoms with E-state index >= 15 is 0 Å². The molecule has 0 saturated carbocycles. The summed E-state index contributed by atoms with van der Waals surface area (Å²) in [6.45, 7) is 5.53. The van der Waals surface area contributed by atoms with Crippen molar-refractivity contribution in [3.05, 3.63) is 52.6 Å². The van der Waals surface area contributed by atoms with Crippen molar-refractivity contribution in [3.8, 4) is 0 Å². The number of amides is 2. The molecule has 3 aromatic rings. The van der Waals surface area contributed by atoms with E-state index in [2.05, 4.69) is 20.4 Å². The van der Waals surface area contributed by atoms with E-state index in [1.165, 1.54) is 19.4 Å². The summed E-state index contributed by atoms with van der Waals surface area (Å²) in [5.74, 6) is 0.522. The van der Waals surface area contributed by atoms with Gasteiger partial charge in [-0.25, -0.2) is 14.6 Å². The highest BCUT2D eigenvalue weighted by atomic mass is 16.2. The smallest absolute Gasteiger partial charge is 0.291 e. The van der Waals surface area contributed by atoms with Crippen molar-refractivity contribution in [3.63, 3.8) is 0 Å². The zero-order valence-electron chi connectivity index (χ0n) is 16.8. The van der Waals surface area contributed by atoms with Crippen LogP contribution in [0.15, 0.2) is 35.6 Å². The average molecular weight is 397 g/mol. The first kappa shape index (κ1) is 20.2. The minimum absolute atomic E-state index is 0.0139. The SMILES string of the molecule is CC(=O)N(C)Cc1cc2c(=O)n(CC(=O)Nc3ccncn3)nc(C(C)C)n2c1. The van der Waals surface area contributed by atoms with Crippen molar-refractivity contribution in [2.75, 3.05) is 12.4 Å². The third kappa shape index (κ3) is 4.48. The number of rotatable bonds is 6. The van der Waals surface area contributed by atoms with Crippen LogP contribution in [0.3, 0.4) is 0 Å². The number of hydrogen-bond donors (Lipinski definition) is 1. The highest BCUT2D eigenvalue weighted by molar-refractivity contribution is 5.89. The molecular formula is C19H23N7O3. The van der Waals surface area contributed by atoms with Gasteiger partial charge in [0.15, 0.2) is 0 Å². The Bertz CT molecular complexity index is 1100. The summed E-state index contributed by atoms with van der Waals surface area (Å²) >= 11 is 0. The van der Waals surface area contributed by atoms with Crippen LogP contribution in [0.25, 0.3) is 5.52 Å². The molecule has 29 heavy (non-hydrogen) atoms. The summed E-state index contributed by atoms with van der Waals surface area (Å²) in [4.78, 5) is 46.1. The van der Waals surface area contributed by atoms with Crippen LogP contribution in [-0.2, 0) is 22.7 Å². The van der Waals surface area contributed by atoms with Gasteiger partial charge in [0.05, 0.1) is 0 Å². The molecule has 10 nitrogen and oxygen atoms in total. The van der Waals surface area contributed by atoms with Crippen LogP contribution in [0.4, 0.5) is 5.82 Å². The minimum Gasteiger partial charge on any atom is -0.342 e. The van der Waals surface area contributed by atoms with Gasteiger partial charge in [-0.3, -0.25) is 18.8 Å². The van der Waals surface area contributed by atoms with Gasteiger partial charge in [0.2, 0.25) is 11.8 Å². The Morgan fingerprint density at radius 1 is 1.31 bits per heavy atom. The molecule has 0 spiro atoms. The van der Waals surface area contributed by atoms with E-state index in [0.29, 0.717) is 23.7 Å². The molecule has 0 radical (unpaired) electrons. The van der Waals surface area contributed by atoms with Gasteiger partial charge in [-0.05, 0) is 17.7 Å². The molecule has 0 aliphatic rings. The zero-order valence-corrected chi connectivity index (χ0v) is 16.8. The Balaban J connectivity index is 1.95. The van der Waals surface area contributed by atoms with Crippen LogP contribution < -0.4 is 10.9 Å². The number of carbonyl (C=O) groups is 2. The second kappa shape index (κ2) is 8.21. The van der Waals surface area contributed by atoms with Crippen molar-refractivity contribution in [2.45, 2.75) is 39.8 Å². The zero-order chi connectivity index (χ0) is 21.1. The van der Waals surface area contributed by atoms with E-state index in [1.54, 1.807) is 28.5 Å². The molecule has 2 amide bonds. The first-order valence-electron chi connectivity index (χ1n) is 9.15. The van der Waals surface area contributed by atoms with Crippen LogP contribution in [0, 0.1) is 0 Å². The van der Waals surface area contributed by atoms with E-state index in [1.807, 2.05) is 20.0 Å². The number of carbonyl (C=O) groups excluding carboxylic acids is 2. The fourth-order valence-electron chi connectivity index (χ4n) is 2.88. The van der Waals surface area contributed by atoms with Crippen molar-refractivity contribution >= 4 is 23.1 Å². The topological polar surface area (TPSA) is 114 Å². The molecule has 152 valence electrons. The summed E-state index contributed by atoms with van der Waals surface area (Å²) < 4.78 is 2.88. The van der Waals surface area contributed by atoms with Crippen LogP contribution in [0.5, 0.6) is 0 Å². The number of anilines is 1. The molecule has 3 heterocycles. The highest BCUT2D eigenvalue weighted by Crippen LogP contribution is 2.16. The fourth-order valence-corrected chi connectivity index (χ4v) is 2.88. The number of nitrogens with zero attached hydrogens (tertiary/aromatic N) is 6. The van der Waals surface area contributed by atoms with Gasteiger partial charge >= 0.3 is 0 Å². The largest absolute Gasteiger partial charge is 0.342 e. The molecular weight excluding hydrogens is 374 g/mol. The highest BCUT2D eigenvalue weighted by Gasteiger charge is 2.17. The third-order valence-corrected chi connectivity index (χ3v) is 4.42. The molecule has 0 atom stereocenters. The van der Waals surface area contributed by atoms with E-state index < -0.39 is 5.91 Å². The van der Waals surface area contributed by atoms with Gasteiger partial charge in [0, 0.05) is 38.8 Å². The van der Waals surface area contributed by atoms with Gasteiger partial charge in [-0.1, -0.05) is 13.8 Å². The number of hydrogen-bond acceptors (Lipinski definition) is 6. The summed E-state index contributed by atoms with van der Waals surface area (Å²) in [6.07, 6.45) is 4.64. The Morgan fingerprint density at radius 2 is 2.07 bits per heavy atom. The molecule has 10 heteroatoms. The number of nitrogens with one attached hydrogen (secondary N) is 1. The predicted molar refractivity (Wildman–Crippen MR) is 106 cm³/mol. The molecule has 0 aromatic carbocycles.